The maximum Gasteiger partial charge on any atom is 0.306 e. The third-order valence-electron chi connectivity index (χ3n) is 15.2. The molecule has 0 radical (unpaired) electrons. The number of rotatable bonds is 63. The number of carbonyl (C=O) groups is 3. The molecule has 0 spiro atoms. The van der Waals surface area contributed by atoms with E-state index in [4.69, 9.17) is 14.2 Å². The van der Waals surface area contributed by atoms with Gasteiger partial charge in [-0.3, -0.25) is 14.4 Å². The van der Waals surface area contributed by atoms with Crippen LogP contribution in [0.3, 0.4) is 0 Å². The highest BCUT2D eigenvalue weighted by Gasteiger charge is 2.19. The Morgan fingerprint density at radius 1 is 0.269 bits per heavy atom. The molecule has 454 valence electrons. The first-order chi connectivity index (χ1) is 38.5. The molecule has 0 bridgehead atoms. The van der Waals surface area contributed by atoms with E-state index in [9.17, 15) is 14.4 Å². The Balaban J connectivity index is 4.11. The minimum Gasteiger partial charge on any atom is -0.462 e. The molecule has 0 amide bonds. The number of carbonyl (C=O) groups excluding carboxylic acids is 3. The first-order valence-corrected chi connectivity index (χ1v) is 34.3. The van der Waals surface area contributed by atoms with Gasteiger partial charge in [-0.25, -0.2) is 0 Å². The predicted octanol–water partition coefficient (Wildman–Crippen LogP) is 23.5. The summed E-state index contributed by atoms with van der Waals surface area (Å²) in [5.74, 6) is -0.888. The fourth-order valence-electron chi connectivity index (χ4n) is 10.1. The standard InChI is InChI=1S/C72H130O6/c1-4-7-10-13-16-19-22-24-26-28-30-31-32-33-34-35-36-37-38-39-40-41-43-44-46-48-50-53-56-59-62-65-71(74)77-68-69(67-76-70(73)64-61-58-55-52-21-18-15-12-9-6-3)78-72(75)66-63-60-57-54-51-49-47-45-42-29-27-25-23-20-17-14-11-8-5-2/h8,11-12,15,17,20,25,27,42,45,69H,4-7,9-10,13-14,16,18-19,21-24,26,28-41,43-44,46-68H2,1-3H3/b11-8-,15-12-,20-17-,27-25-,45-42-. The summed E-state index contributed by atoms with van der Waals surface area (Å²) in [6.07, 6.45) is 85.6. The van der Waals surface area contributed by atoms with Crippen LogP contribution in [0.4, 0.5) is 0 Å². The second kappa shape index (κ2) is 66.6. The van der Waals surface area contributed by atoms with Crippen molar-refractivity contribution in [1.29, 1.82) is 0 Å². The molecule has 0 N–H and O–H groups in total. The maximum absolute atomic E-state index is 12.9. The van der Waals surface area contributed by atoms with Crippen LogP contribution in [-0.2, 0) is 28.6 Å². The summed E-state index contributed by atoms with van der Waals surface area (Å²) in [5, 5.41) is 0. The number of esters is 3. The second-order valence-electron chi connectivity index (χ2n) is 23.1. The first kappa shape index (κ1) is 75.1. The monoisotopic (exact) mass is 1090 g/mol. The van der Waals surface area contributed by atoms with Crippen LogP contribution in [0.1, 0.15) is 361 Å². The van der Waals surface area contributed by atoms with E-state index in [1.54, 1.807) is 0 Å². The van der Waals surface area contributed by atoms with Crippen molar-refractivity contribution in [2.45, 2.75) is 367 Å². The Bertz CT molecular complexity index is 1390. The van der Waals surface area contributed by atoms with Crippen LogP contribution >= 0.6 is 0 Å². The highest BCUT2D eigenvalue weighted by Crippen LogP contribution is 2.18. The molecule has 6 heteroatoms. The molecular weight excluding hydrogens is 961 g/mol. The number of ether oxygens (including phenoxy) is 3. The largest absolute Gasteiger partial charge is 0.462 e. The molecule has 0 aromatic carbocycles. The molecule has 0 aliphatic carbocycles. The second-order valence-corrected chi connectivity index (χ2v) is 23.1. The molecule has 0 aromatic heterocycles. The van der Waals surface area contributed by atoms with E-state index < -0.39 is 6.10 Å². The molecule has 1 atom stereocenters. The van der Waals surface area contributed by atoms with E-state index in [1.165, 1.54) is 212 Å². The Hall–Kier alpha value is -2.89. The molecule has 78 heavy (non-hydrogen) atoms. The first-order valence-electron chi connectivity index (χ1n) is 34.3. The van der Waals surface area contributed by atoms with Crippen molar-refractivity contribution in [2.24, 2.45) is 0 Å². The van der Waals surface area contributed by atoms with E-state index in [1.807, 2.05) is 0 Å². The number of hydrogen-bond donors (Lipinski definition) is 0. The van der Waals surface area contributed by atoms with E-state index >= 15 is 0 Å². The Morgan fingerprint density at radius 2 is 0.526 bits per heavy atom. The van der Waals surface area contributed by atoms with E-state index in [0.717, 1.165) is 109 Å². The Morgan fingerprint density at radius 3 is 0.846 bits per heavy atom. The zero-order valence-electron chi connectivity index (χ0n) is 52.2. The summed E-state index contributed by atoms with van der Waals surface area (Å²) in [7, 11) is 0. The predicted molar refractivity (Wildman–Crippen MR) is 339 cm³/mol. The Labute approximate surface area is 485 Å². The zero-order chi connectivity index (χ0) is 56.4. The van der Waals surface area contributed by atoms with Crippen molar-refractivity contribution in [3.8, 4) is 0 Å². The van der Waals surface area contributed by atoms with Crippen LogP contribution in [0, 0.1) is 0 Å². The van der Waals surface area contributed by atoms with Crippen LogP contribution in [0.5, 0.6) is 0 Å². The van der Waals surface area contributed by atoms with Gasteiger partial charge in [0, 0.05) is 19.3 Å². The number of hydrogen-bond acceptors (Lipinski definition) is 6. The van der Waals surface area contributed by atoms with Gasteiger partial charge >= 0.3 is 17.9 Å². The lowest BCUT2D eigenvalue weighted by molar-refractivity contribution is -0.167. The van der Waals surface area contributed by atoms with Gasteiger partial charge in [-0.1, -0.05) is 326 Å². The normalized spacial score (nSPS) is 12.4. The zero-order valence-corrected chi connectivity index (χ0v) is 52.2. The lowest BCUT2D eigenvalue weighted by Crippen LogP contribution is -2.30. The maximum atomic E-state index is 12.9. The van der Waals surface area contributed by atoms with Crippen molar-refractivity contribution in [3.05, 3.63) is 60.8 Å². The van der Waals surface area contributed by atoms with Crippen LogP contribution in [0.2, 0.25) is 0 Å². The molecule has 6 nitrogen and oxygen atoms in total. The van der Waals surface area contributed by atoms with Crippen LogP contribution in [-0.4, -0.2) is 37.2 Å². The van der Waals surface area contributed by atoms with Gasteiger partial charge < -0.3 is 14.2 Å². The van der Waals surface area contributed by atoms with E-state index in [0.29, 0.717) is 19.3 Å². The topological polar surface area (TPSA) is 78.9 Å². The number of allylic oxidation sites excluding steroid dienone is 10. The van der Waals surface area contributed by atoms with Gasteiger partial charge in [0.05, 0.1) is 0 Å². The SMILES string of the molecule is CC/C=C\C/C=C\C/C=C\C/C=C\CCCCCCCCC(=O)OC(COC(=O)CCCCCCC/C=C\CCC)COC(=O)CCCCCCCCCCCCCCCCCCCCCCCCCCCCCCCCC. The average molecular weight is 1090 g/mol. The summed E-state index contributed by atoms with van der Waals surface area (Å²) in [6, 6.07) is 0. The third kappa shape index (κ3) is 63.9. The molecule has 0 rings (SSSR count). The van der Waals surface area contributed by atoms with Crippen molar-refractivity contribution in [1.82, 2.24) is 0 Å². The van der Waals surface area contributed by atoms with Crippen LogP contribution in [0.15, 0.2) is 60.8 Å². The van der Waals surface area contributed by atoms with Crippen LogP contribution in [0.25, 0.3) is 0 Å². The van der Waals surface area contributed by atoms with Crippen molar-refractivity contribution in [3.63, 3.8) is 0 Å². The quantitative estimate of drug-likeness (QED) is 0.0261. The molecule has 0 heterocycles. The molecule has 0 saturated heterocycles. The average Bonchev–Trinajstić information content (AvgIpc) is 3.44. The minimum absolute atomic E-state index is 0.0799. The smallest absolute Gasteiger partial charge is 0.306 e. The van der Waals surface area contributed by atoms with Crippen molar-refractivity contribution < 1.29 is 28.6 Å². The van der Waals surface area contributed by atoms with Gasteiger partial charge in [-0.15, -0.1) is 0 Å². The third-order valence-corrected chi connectivity index (χ3v) is 15.2. The molecule has 0 fully saturated rings. The lowest BCUT2D eigenvalue weighted by atomic mass is 10.0. The van der Waals surface area contributed by atoms with Gasteiger partial charge in [-0.05, 0) is 77.0 Å². The van der Waals surface area contributed by atoms with Gasteiger partial charge in [0.25, 0.3) is 0 Å². The molecule has 0 aliphatic heterocycles. The Kier molecular flexibility index (Phi) is 64.2. The van der Waals surface area contributed by atoms with E-state index in [-0.39, 0.29) is 31.1 Å². The van der Waals surface area contributed by atoms with Gasteiger partial charge in [0.2, 0.25) is 0 Å². The van der Waals surface area contributed by atoms with Crippen molar-refractivity contribution >= 4 is 17.9 Å². The summed E-state index contributed by atoms with van der Waals surface area (Å²) < 4.78 is 16.9. The minimum atomic E-state index is -0.784. The summed E-state index contributed by atoms with van der Waals surface area (Å²) in [6.45, 7) is 6.50. The molecule has 0 saturated carbocycles. The summed E-state index contributed by atoms with van der Waals surface area (Å²) in [4.78, 5) is 38.2. The van der Waals surface area contributed by atoms with E-state index in [2.05, 4.69) is 81.5 Å². The van der Waals surface area contributed by atoms with Crippen LogP contribution < -0.4 is 0 Å². The fraction of sp³-hybridized carbons (Fsp3) is 0.819. The molecule has 0 aliphatic rings. The fourth-order valence-corrected chi connectivity index (χ4v) is 10.1. The van der Waals surface area contributed by atoms with Crippen molar-refractivity contribution in [2.75, 3.05) is 13.2 Å². The molecule has 1 unspecified atom stereocenters. The summed E-state index contributed by atoms with van der Waals surface area (Å²) >= 11 is 0. The highest BCUT2D eigenvalue weighted by atomic mass is 16.6. The lowest BCUT2D eigenvalue weighted by Gasteiger charge is -2.18. The molecular formula is C72H130O6. The summed E-state index contributed by atoms with van der Waals surface area (Å²) in [5.41, 5.74) is 0. The number of unbranched alkanes of at least 4 members (excludes halogenated alkanes) is 42. The molecule has 0 aromatic rings. The highest BCUT2D eigenvalue weighted by molar-refractivity contribution is 5.71. The van der Waals surface area contributed by atoms with Gasteiger partial charge in [-0.2, -0.15) is 0 Å². The van der Waals surface area contributed by atoms with Gasteiger partial charge in [0.1, 0.15) is 13.2 Å². The van der Waals surface area contributed by atoms with Gasteiger partial charge in [0.15, 0.2) is 6.10 Å².